The second-order valence-corrected chi connectivity index (χ2v) is 5.80. The van der Waals surface area contributed by atoms with Gasteiger partial charge in [0.25, 0.3) is 0 Å². The van der Waals surface area contributed by atoms with Crippen molar-refractivity contribution < 1.29 is 14.3 Å². The predicted molar refractivity (Wildman–Crippen MR) is 74.7 cm³/mol. The molecular weight excluding hydrogens is 312 g/mol. The summed E-state index contributed by atoms with van der Waals surface area (Å²) in [7, 11) is 1.74. The van der Waals surface area contributed by atoms with E-state index in [0.29, 0.717) is 11.2 Å². The Morgan fingerprint density at radius 1 is 1.47 bits per heavy atom. The van der Waals surface area contributed by atoms with E-state index < -0.39 is 0 Å². The molecule has 1 aliphatic rings. The zero-order valence-corrected chi connectivity index (χ0v) is 12.5. The van der Waals surface area contributed by atoms with E-state index in [1.165, 1.54) is 0 Å². The second-order valence-electron chi connectivity index (χ2n) is 5.02. The molecule has 2 N–H and O–H groups in total. The summed E-state index contributed by atoms with van der Waals surface area (Å²) >= 11 is 3.23. The number of hydrogen-bond donors (Lipinski definition) is 2. The number of urea groups is 1. The molecule has 2 amide bonds. The number of aliphatic hydroxyl groups is 1. The summed E-state index contributed by atoms with van der Waals surface area (Å²) in [4.78, 5) is 13.6. The van der Waals surface area contributed by atoms with E-state index in [0.717, 1.165) is 31.4 Å². The van der Waals surface area contributed by atoms with Crippen LogP contribution >= 0.6 is 15.9 Å². The normalized spacial score (nSPS) is 23.1. The zero-order valence-electron chi connectivity index (χ0n) is 10.9. The molecule has 1 aromatic heterocycles. The summed E-state index contributed by atoms with van der Waals surface area (Å²) in [6.45, 7) is 0.437. The Balaban J connectivity index is 1.79. The molecule has 1 aromatic rings. The monoisotopic (exact) mass is 330 g/mol. The summed E-state index contributed by atoms with van der Waals surface area (Å²) in [6, 6.07) is 3.71. The molecule has 2 rings (SSSR count). The van der Waals surface area contributed by atoms with E-state index in [-0.39, 0.29) is 18.2 Å². The molecule has 6 heteroatoms. The minimum absolute atomic E-state index is 0.103. The summed E-state index contributed by atoms with van der Waals surface area (Å²) < 4.78 is 6.03. The first-order valence-corrected chi connectivity index (χ1v) is 7.28. The van der Waals surface area contributed by atoms with Crippen molar-refractivity contribution in [3.63, 3.8) is 0 Å². The number of carbonyl (C=O) groups is 1. The topological polar surface area (TPSA) is 65.7 Å². The van der Waals surface area contributed by atoms with Crippen LogP contribution in [0, 0.1) is 0 Å². The third-order valence-electron chi connectivity index (χ3n) is 3.39. The van der Waals surface area contributed by atoms with Crippen molar-refractivity contribution >= 4 is 22.0 Å². The Morgan fingerprint density at radius 3 is 2.74 bits per heavy atom. The third-order valence-corrected chi connectivity index (χ3v) is 3.82. The van der Waals surface area contributed by atoms with Gasteiger partial charge in [0.2, 0.25) is 0 Å². The lowest BCUT2D eigenvalue weighted by Crippen LogP contribution is -2.44. The van der Waals surface area contributed by atoms with Crippen LogP contribution in [0.15, 0.2) is 21.2 Å². The van der Waals surface area contributed by atoms with Crippen molar-refractivity contribution in [2.24, 2.45) is 0 Å². The summed E-state index contributed by atoms with van der Waals surface area (Å²) in [5, 5.41) is 12.4. The molecule has 0 spiro atoms. The van der Waals surface area contributed by atoms with Crippen molar-refractivity contribution in [3.05, 3.63) is 22.6 Å². The van der Waals surface area contributed by atoms with Crippen LogP contribution in [0.25, 0.3) is 0 Å². The lowest BCUT2D eigenvalue weighted by Gasteiger charge is -2.28. The Labute approximate surface area is 121 Å². The molecule has 1 saturated carbocycles. The molecule has 0 atom stereocenters. The Bertz CT molecular complexity index is 427. The van der Waals surface area contributed by atoms with Gasteiger partial charge in [0.1, 0.15) is 5.76 Å². The molecule has 1 aliphatic carbocycles. The minimum Gasteiger partial charge on any atom is -0.452 e. The van der Waals surface area contributed by atoms with Gasteiger partial charge in [0.05, 0.1) is 12.6 Å². The van der Waals surface area contributed by atoms with Gasteiger partial charge in [-0.05, 0) is 53.7 Å². The van der Waals surface area contributed by atoms with Gasteiger partial charge in [0.15, 0.2) is 4.67 Å². The van der Waals surface area contributed by atoms with Crippen LogP contribution in [0.1, 0.15) is 31.4 Å². The van der Waals surface area contributed by atoms with Crippen LogP contribution in [0.5, 0.6) is 0 Å². The minimum atomic E-state index is -0.202. The van der Waals surface area contributed by atoms with E-state index in [2.05, 4.69) is 21.2 Å². The van der Waals surface area contributed by atoms with Crippen molar-refractivity contribution in [1.29, 1.82) is 0 Å². The van der Waals surface area contributed by atoms with Crippen molar-refractivity contribution in [1.82, 2.24) is 10.2 Å². The highest BCUT2D eigenvalue weighted by Crippen LogP contribution is 2.19. The first-order valence-electron chi connectivity index (χ1n) is 6.48. The molecule has 0 unspecified atom stereocenters. The van der Waals surface area contributed by atoms with Gasteiger partial charge >= 0.3 is 6.03 Å². The fourth-order valence-electron chi connectivity index (χ4n) is 2.25. The average Bonchev–Trinajstić information content (AvgIpc) is 2.77. The quantitative estimate of drug-likeness (QED) is 0.894. The van der Waals surface area contributed by atoms with E-state index in [1.54, 1.807) is 11.9 Å². The number of furan rings is 1. The number of amides is 2. The zero-order chi connectivity index (χ0) is 13.8. The highest BCUT2D eigenvalue weighted by Gasteiger charge is 2.22. The predicted octanol–water partition coefficient (Wildman–Crippen LogP) is 2.49. The average molecular weight is 331 g/mol. The smallest absolute Gasteiger partial charge is 0.317 e. The lowest BCUT2D eigenvalue weighted by atomic mass is 9.93. The highest BCUT2D eigenvalue weighted by atomic mass is 79.9. The van der Waals surface area contributed by atoms with Crippen LogP contribution in [-0.4, -0.2) is 35.2 Å². The van der Waals surface area contributed by atoms with Gasteiger partial charge in [-0.25, -0.2) is 4.79 Å². The van der Waals surface area contributed by atoms with Gasteiger partial charge in [0, 0.05) is 13.1 Å². The number of carbonyl (C=O) groups excluding carboxylic acids is 1. The largest absolute Gasteiger partial charge is 0.452 e. The van der Waals surface area contributed by atoms with Crippen molar-refractivity contribution in [3.8, 4) is 0 Å². The maximum Gasteiger partial charge on any atom is 0.317 e. The number of nitrogens with one attached hydrogen (secondary N) is 1. The molecule has 0 aliphatic heterocycles. The summed E-state index contributed by atoms with van der Waals surface area (Å²) in [6.07, 6.45) is 3.01. The first-order chi connectivity index (χ1) is 9.04. The number of aliphatic hydroxyl groups excluding tert-OH is 1. The van der Waals surface area contributed by atoms with Gasteiger partial charge in [-0.3, -0.25) is 0 Å². The van der Waals surface area contributed by atoms with Crippen LogP contribution in [0.2, 0.25) is 0 Å². The standard InChI is InChI=1S/C13H19BrN2O3/c1-16(8-11-6-7-12(14)19-11)13(18)15-9-2-4-10(17)5-3-9/h6-7,9-10,17H,2-5,8H2,1H3,(H,15,18). The highest BCUT2D eigenvalue weighted by molar-refractivity contribution is 9.10. The van der Waals surface area contributed by atoms with Gasteiger partial charge < -0.3 is 19.7 Å². The van der Waals surface area contributed by atoms with Crippen molar-refractivity contribution in [2.75, 3.05) is 7.05 Å². The summed E-state index contributed by atoms with van der Waals surface area (Å²) in [5.41, 5.74) is 0. The van der Waals surface area contributed by atoms with Gasteiger partial charge in [-0.1, -0.05) is 0 Å². The van der Waals surface area contributed by atoms with Crippen LogP contribution in [0.4, 0.5) is 4.79 Å². The lowest BCUT2D eigenvalue weighted by molar-refractivity contribution is 0.115. The van der Waals surface area contributed by atoms with Gasteiger partial charge in [-0.2, -0.15) is 0 Å². The maximum absolute atomic E-state index is 12.0. The third kappa shape index (κ3) is 4.24. The SMILES string of the molecule is CN(Cc1ccc(Br)o1)C(=O)NC1CCC(O)CC1. The molecule has 19 heavy (non-hydrogen) atoms. The molecular formula is C13H19BrN2O3. The molecule has 1 heterocycles. The van der Waals surface area contributed by atoms with E-state index in [4.69, 9.17) is 4.42 Å². The summed E-state index contributed by atoms with van der Waals surface area (Å²) in [5.74, 6) is 0.739. The van der Waals surface area contributed by atoms with Gasteiger partial charge in [-0.15, -0.1) is 0 Å². The van der Waals surface area contributed by atoms with Crippen LogP contribution in [-0.2, 0) is 6.54 Å². The number of halogens is 1. The Morgan fingerprint density at radius 2 is 2.16 bits per heavy atom. The molecule has 0 aromatic carbocycles. The fraction of sp³-hybridized carbons (Fsp3) is 0.615. The molecule has 5 nitrogen and oxygen atoms in total. The second kappa shape index (κ2) is 6.43. The molecule has 0 saturated heterocycles. The number of nitrogens with zero attached hydrogens (tertiary/aromatic N) is 1. The number of rotatable bonds is 3. The number of hydrogen-bond acceptors (Lipinski definition) is 3. The molecule has 0 bridgehead atoms. The van der Waals surface area contributed by atoms with E-state index >= 15 is 0 Å². The molecule has 0 radical (unpaired) electrons. The van der Waals surface area contributed by atoms with E-state index in [1.807, 2.05) is 12.1 Å². The fourth-order valence-corrected chi connectivity index (χ4v) is 2.59. The molecule has 106 valence electrons. The van der Waals surface area contributed by atoms with E-state index in [9.17, 15) is 9.90 Å². The maximum atomic E-state index is 12.0. The Kier molecular flexibility index (Phi) is 4.87. The first kappa shape index (κ1) is 14.4. The molecule has 1 fully saturated rings. The van der Waals surface area contributed by atoms with Crippen LogP contribution in [0.3, 0.4) is 0 Å². The van der Waals surface area contributed by atoms with Crippen molar-refractivity contribution in [2.45, 2.75) is 44.4 Å². The van der Waals surface area contributed by atoms with Crippen LogP contribution < -0.4 is 5.32 Å². The Hall–Kier alpha value is -1.01.